The van der Waals surface area contributed by atoms with E-state index in [1.165, 1.54) is 0 Å². The molecular formula is C18H14Cl2N2. The summed E-state index contributed by atoms with van der Waals surface area (Å²) in [5, 5.41) is 1.41. The second-order valence-electron chi connectivity index (χ2n) is 4.96. The second-order valence-corrected chi connectivity index (χ2v) is 5.83. The van der Waals surface area contributed by atoms with E-state index in [9.17, 15) is 0 Å². The van der Waals surface area contributed by atoms with E-state index in [0.29, 0.717) is 16.6 Å². The average molecular weight is 329 g/mol. The third-order valence-corrected chi connectivity index (χ3v) is 3.96. The van der Waals surface area contributed by atoms with Gasteiger partial charge in [-0.3, -0.25) is 4.98 Å². The molecule has 0 amide bonds. The van der Waals surface area contributed by atoms with Gasteiger partial charge in [-0.05, 0) is 41.5 Å². The van der Waals surface area contributed by atoms with Crippen molar-refractivity contribution in [3.63, 3.8) is 0 Å². The van der Waals surface area contributed by atoms with Crippen LogP contribution in [0, 0.1) is 0 Å². The maximum atomic E-state index is 5.98. The Morgan fingerprint density at radius 1 is 0.818 bits per heavy atom. The van der Waals surface area contributed by atoms with E-state index < -0.39 is 0 Å². The maximum Gasteiger partial charge on any atom is 0.0780 e. The minimum absolute atomic E-state index is 0.453. The fourth-order valence-corrected chi connectivity index (χ4v) is 2.56. The van der Waals surface area contributed by atoms with Crippen molar-refractivity contribution in [2.24, 2.45) is 5.73 Å². The molecule has 0 unspecified atom stereocenters. The van der Waals surface area contributed by atoms with Crippen LogP contribution in [0.25, 0.3) is 22.4 Å². The normalized spacial score (nSPS) is 10.7. The SMILES string of the molecule is NCc1cnc(-c2ccc(Cl)cc2)c(-c2ccc(Cl)cc2)c1. The Balaban J connectivity index is 2.17. The van der Waals surface area contributed by atoms with Gasteiger partial charge in [0.1, 0.15) is 0 Å². The molecule has 0 radical (unpaired) electrons. The molecule has 22 heavy (non-hydrogen) atoms. The van der Waals surface area contributed by atoms with Crippen molar-refractivity contribution in [2.45, 2.75) is 6.54 Å². The van der Waals surface area contributed by atoms with Gasteiger partial charge in [-0.1, -0.05) is 47.5 Å². The highest BCUT2D eigenvalue weighted by Gasteiger charge is 2.10. The smallest absolute Gasteiger partial charge is 0.0780 e. The molecule has 3 rings (SSSR count). The number of hydrogen-bond donors (Lipinski definition) is 1. The summed E-state index contributed by atoms with van der Waals surface area (Å²) in [5.41, 5.74) is 10.7. The largest absolute Gasteiger partial charge is 0.326 e. The predicted molar refractivity (Wildman–Crippen MR) is 93.0 cm³/mol. The Hall–Kier alpha value is -1.87. The van der Waals surface area contributed by atoms with Gasteiger partial charge in [-0.25, -0.2) is 0 Å². The van der Waals surface area contributed by atoms with E-state index in [1.807, 2.05) is 54.7 Å². The van der Waals surface area contributed by atoms with Gasteiger partial charge in [0.25, 0.3) is 0 Å². The number of nitrogens with two attached hydrogens (primary N) is 1. The zero-order valence-electron chi connectivity index (χ0n) is 11.8. The highest BCUT2D eigenvalue weighted by molar-refractivity contribution is 6.31. The van der Waals surface area contributed by atoms with Crippen LogP contribution in [-0.2, 0) is 6.54 Å². The van der Waals surface area contributed by atoms with Gasteiger partial charge in [-0.2, -0.15) is 0 Å². The van der Waals surface area contributed by atoms with Crippen LogP contribution < -0.4 is 5.73 Å². The number of rotatable bonds is 3. The molecule has 1 heterocycles. The summed E-state index contributed by atoms with van der Waals surface area (Å²) in [6, 6.07) is 17.4. The summed E-state index contributed by atoms with van der Waals surface area (Å²) in [7, 11) is 0. The molecule has 0 aliphatic rings. The Kier molecular flexibility index (Phi) is 4.44. The molecular weight excluding hydrogens is 315 g/mol. The van der Waals surface area contributed by atoms with Crippen molar-refractivity contribution in [1.82, 2.24) is 4.98 Å². The molecule has 3 aromatic rings. The predicted octanol–water partition coefficient (Wildman–Crippen LogP) is 5.18. The summed E-state index contributed by atoms with van der Waals surface area (Å²) in [6.07, 6.45) is 1.81. The number of nitrogens with zero attached hydrogens (tertiary/aromatic N) is 1. The van der Waals surface area contributed by atoms with Crippen LogP contribution in [0.1, 0.15) is 5.56 Å². The molecule has 0 bridgehead atoms. The molecule has 0 atom stereocenters. The monoisotopic (exact) mass is 328 g/mol. The number of halogens is 2. The minimum atomic E-state index is 0.453. The summed E-state index contributed by atoms with van der Waals surface area (Å²) in [5.74, 6) is 0. The van der Waals surface area contributed by atoms with E-state index in [4.69, 9.17) is 28.9 Å². The highest BCUT2D eigenvalue weighted by Crippen LogP contribution is 2.32. The topological polar surface area (TPSA) is 38.9 Å². The molecule has 4 heteroatoms. The summed E-state index contributed by atoms with van der Waals surface area (Å²) >= 11 is 12.0. The fraction of sp³-hybridized carbons (Fsp3) is 0.0556. The van der Waals surface area contributed by atoms with Crippen molar-refractivity contribution in [1.29, 1.82) is 0 Å². The number of pyridine rings is 1. The van der Waals surface area contributed by atoms with Gasteiger partial charge >= 0.3 is 0 Å². The zero-order valence-corrected chi connectivity index (χ0v) is 13.3. The molecule has 0 aliphatic carbocycles. The van der Waals surface area contributed by atoms with Gasteiger partial charge in [-0.15, -0.1) is 0 Å². The first-order valence-corrected chi connectivity index (χ1v) is 7.64. The second kappa shape index (κ2) is 6.49. The van der Waals surface area contributed by atoms with Crippen LogP contribution in [-0.4, -0.2) is 4.98 Å². The minimum Gasteiger partial charge on any atom is -0.326 e. The van der Waals surface area contributed by atoms with Crippen molar-refractivity contribution in [3.05, 3.63) is 76.4 Å². The van der Waals surface area contributed by atoms with Crippen LogP contribution in [0.3, 0.4) is 0 Å². The van der Waals surface area contributed by atoms with Gasteiger partial charge < -0.3 is 5.73 Å². The molecule has 0 fully saturated rings. The number of benzene rings is 2. The lowest BCUT2D eigenvalue weighted by Gasteiger charge is -2.11. The third kappa shape index (κ3) is 3.14. The van der Waals surface area contributed by atoms with Gasteiger partial charge in [0.15, 0.2) is 0 Å². The molecule has 0 saturated heterocycles. The Morgan fingerprint density at radius 3 is 1.91 bits per heavy atom. The van der Waals surface area contributed by atoms with E-state index in [-0.39, 0.29) is 0 Å². The molecule has 110 valence electrons. The molecule has 0 saturated carbocycles. The molecule has 2 N–H and O–H groups in total. The standard InChI is InChI=1S/C18H14Cl2N2/c19-15-5-1-13(2-6-15)17-9-12(10-21)11-22-18(17)14-3-7-16(20)8-4-14/h1-9,11H,10,21H2. The molecule has 1 aromatic heterocycles. The molecule has 2 aromatic carbocycles. The summed E-state index contributed by atoms with van der Waals surface area (Å²) in [6.45, 7) is 0.453. The lowest BCUT2D eigenvalue weighted by Crippen LogP contribution is -1.99. The van der Waals surface area contributed by atoms with Crippen LogP contribution >= 0.6 is 23.2 Å². The van der Waals surface area contributed by atoms with Crippen molar-refractivity contribution < 1.29 is 0 Å². The third-order valence-electron chi connectivity index (χ3n) is 3.45. The molecule has 2 nitrogen and oxygen atoms in total. The highest BCUT2D eigenvalue weighted by atomic mass is 35.5. The van der Waals surface area contributed by atoms with E-state index >= 15 is 0 Å². The van der Waals surface area contributed by atoms with Crippen LogP contribution in [0.2, 0.25) is 10.0 Å². The van der Waals surface area contributed by atoms with E-state index in [0.717, 1.165) is 27.9 Å². The molecule has 0 aliphatic heterocycles. The van der Waals surface area contributed by atoms with Crippen LogP contribution in [0.15, 0.2) is 60.8 Å². The van der Waals surface area contributed by atoms with Crippen molar-refractivity contribution in [3.8, 4) is 22.4 Å². The fourth-order valence-electron chi connectivity index (χ4n) is 2.31. The summed E-state index contributed by atoms with van der Waals surface area (Å²) in [4.78, 5) is 4.59. The number of aromatic nitrogens is 1. The van der Waals surface area contributed by atoms with Crippen molar-refractivity contribution >= 4 is 23.2 Å². The Bertz CT molecular complexity index is 781. The van der Waals surface area contributed by atoms with Gasteiger partial charge in [0.05, 0.1) is 5.69 Å². The van der Waals surface area contributed by atoms with Crippen molar-refractivity contribution in [2.75, 3.05) is 0 Å². The van der Waals surface area contributed by atoms with Crippen LogP contribution in [0.4, 0.5) is 0 Å². The first-order chi connectivity index (χ1) is 10.7. The lowest BCUT2D eigenvalue weighted by atomic mass is 9.98. The summed E-state index contributed by atoms with van der Waals surface area (Å²) < 4.78 is 0. The van der Waals surface area contributed by atoms with E-state index in [2.05, 4.69) is 11.1 Å². The zero-order chi connectivity index (χ0) is 15.5. The first-order valence-electron chi connectivity index (χ1n) is 6.88. The molecule has 0 spiro atoms. The lowest BCUT2D eigenvalue weighted by molar-refractivity contribution is 1.05. The Labute approximate surface area is 139 Å². The van der Waals surface area contributed by atoms with Gasteiger partial charge in [0.2, 0.25) is 0 Å². The van der Waals surface area contributed by atoms with Gasteiger partial charge in [0, 0.05) is 33.9 Å². The Morgan fingerprint density at radius 2 is 1.36 bits per heavy atom. The average Bonchev–Trinajstić information content (AvgIpc) is 2.56. The van der Waals surface area contributed by atoms with Crippen LogP contribution in [0.5, 0.6) is 0 Å². The number of hydrogen-bond acceptors (Lipinski definition) is 2. The maximum absolute atomic E-state index is 5.98. The van der Waals surface area contributed by atoms with E-state index in [1.54, 1.807) is 0 Å². The quantitative estimate of drug-likeness (QED) is 0.719. The first kappa shape index (κ1) is 15.0.